The Balaban J connectivity index is 1.87. The highest BCUT2D eigenvalue weighted by Gasteiger charge is 2.31. The van der Waals surface area contributed by atoms with Crippen LogP contribution in [0.5, 0.6) is 11.5 Å². The Labute approximate surface area is 196 Å². The van der Waals surface area contributed by atoms with Crippen LogP contribution in [-0.2, 0) is 10.3 Å². The van der Waals surface area contributed by atoms with E-state index >= 15 is 0 Å². The number of rotatable bonds is 10. The molecule has 10 heteroatoms. The summed E-state index contributed by atoms with van der Waals surface area (Å²) in [5.41, 5.74) is 0.0989. The number of thioether (sulfide) groups is 1. The highest BCUT2D eigenvalue weighted by Crippen LogP contribution is 2.30. The zero-order chi connectivity index (χ0) is 24.0. The third kappa shape index (κ3) is 5.82. The molecule has 0 spiro atoms. The maximum Gasteiger partial charge on any atom is 0.352 e. The van der Waals surface area contributed by atoms with E-state index in [1.807, 2.05) is 32.2 Å². The summed E-state index contributed by atoms with van der Waals surface area (Å²) in [5, 5.41) is 11.4. The number of carbonyl (C=O) groups excluding carboxylic acids is 1. The summed E-state index contributed by atoms with van der Waals surface area (Å²) >= 11 is 1.61. The third-order valence-electron chi connectivity index (χ3n) is 5.22. The van der Waals surface area contributed by atoms with Crippen molar-refractivity contribution in [3.8, 4) is 11.5 Å². The molecule has 0 aliphatic heterocycles. The molecule has 176 valence electrons. The van der Waals surface area contributed by atoms with Gasteiger partial charge in [0.2, 0.25) is 0 Å². The van der Waals surface area contributed by atoms with Gasteiger partial charge in [0.1, 0.15) is 23.1 Å². The highest BCUT2D eigenvalue weighted by atomic mass is 32.2. The average Bonchev–Trinajstić information content (AvgIpc) is 2.83. The molecule has 0 aliphatic carbocycles. The summed E-state index contributed by atoms with van der Waals surface area (Å²) in [4.78, 5) is 31.8. The van der Waals surface area contributed by atoms with E-state index < -0.39 is 23.1 Å². The second-order valence-corrected chi connectivity index (χ2v) is 8.89. The van der Waals surface area contributed by atoms with Crippen molar-refractivity contribution in [2.75, 3.05) is 26.2 Å². The maximum atomic E-state index is 13.1. The standard InChI is InChI=1S/C23H28N4O5S/c1-23(2,15-12-16(30-3)14-17(13-15)31-4)24-20(10-11-33-5)22(29)32-27-21(28)18-8-6-7-9-19(18)25-26-27/h6-9,12-14,20,24H,10-11H2,1-5H3. The van der Waals surface area contributed by atoms with E-state index in [9.17, 15) is 9.59 Å². The van der Waals surface area contributed by atoms with Gasteiger partial charge in [0, 0.05) is 11.6 Å². The molecule has 1 N–H and O–H groups in total. The summed E-state index contributed by atoms with van der Waals surface area (Å²) in [6.45, 7) is 3.89. The van der Waals surface area contributed by atoms with Gasteiger partial charge in [-0.25, -0.2) is 4.79 Å². The molecule has 0 amide bonds. The van der Waals surface area contributed by atoms with Crippen LogP contribution in [-0.4, -0.2) is 53.4 Å². The van der Waals surface area contributed by atoms with Crippen molar-refractivity contribution in [1.29, 1.82) is 0 Å². The lowest BCUT2D eigenvalue weighted by molar-refractivity contribution is -0.150. The van der Waals surface area contributed by atoms with Gasteiger partial charge >= 0.3 is 11.5 Å². The van der Waals surface area contributed by atoms with Crippen LogP contribution in [0.1, 0.15) is 25.8 Å². The molecule has 0 fully saturated rings. The van der Waals surface area contributed by atoms with Gasteiger partial charge in [0.15, 0.2) is 0 Å². The first-order chi connectivity index (χ1) is 15.8. The molecular weight excluding hydrogens is 444 g/mol. The Morgan fingerprint density at radius 2 is 1.82 bits per heavy atom. The lowest BCUT2D eigenvalue weighted by Crippen LogP contribution is -2.51. The van der Waals surface area contributed by atoms with Crippen LogP contribution < -0.4 is 25.2 Å². The SMILES string of the molecule is COc1cc(OC)cc(C(C)(C)NC(CCSC)C(=O)On2nnc3ccccc3c2=O)c1. The number of ether oxygens (including phenoxy) is 2. The molecule has 2 aromatic carbocycles. The van der Waals surface area contributed by atoms with E-state index in [1.54, 1.807) is 56.3 Å². The van der Waals surface area contributed by atoms with E-state index in [0.29, 0.717) is 39.4 Å². The molecular formula is C23H28N4O5S. The maximum absolute atomic E-state index is 13.1. The molecule has 1 unspecified atom stereocenters. The molecule has 0 bridgehead atoms. The summed E-state index contributed by atoms with van der Waals surface area (Å²) in [6, 6.07) is 11.6. The van der Waals surface area contributed by atoms with Gasteiger partial charge in [-0.05, 0) is 72.2 Å². The van der Waals surface area contributed by atoms with Crippen LogP contribution in [0.4, 0.5) is 0 Å². The number of benzene rings is 2. The van der Waals surface area contributed by atoms with Crippen LogP contribution in [0.25, 0.3) is 10.9 Å². The van der Waals surface area contributed by atoms with Crippen molar-refractivity contribution in [1.82, 2.24) is 20.5 Å². The summed E-state index contributed by atoms with van der Waals surface area (Å²) in [5.74, 6) is 1.36. The lowest BCUT2D eigenvalue weighted by atomic mass is 9.92. The lowest BCUT2D eigenvalue weighted by Gasteiger charge is -2.31. The minimum atomic E-state index is -0.704. The molecule has 0 radical (unpaired) electrons. The van der Waals surface area contributed by atoms with Crippen molar-refractivity contribution >= 4 is 28.6 Å². The number of nitrogens with zero attached hydrogens (tertiary/aromatic N) is 3. The number of aromatic nitrogens is 3. The van der Waals surface area contributed by atoms with Crippen molar-refractivity contribution < 1.29 is 19.1 Å². The first kappa shape index (κ1) is 24.5. The average molecular weight is 473 g/mol. The van der Waals surface area contributed by atoms with Gasteiger partial charge in [-0.1, -0.05) is 12.1 Å². The molecule has 0 aliphatic rings. The van der Waals surface area contributed by atoms with Crippen LogP contribution in [0, 0.1) is 0 Å². The largest absolute Gasteiger partial charge is 0.497 e. The fraction of sp³-hybridized carbons (Fsp3) is 0.391. The number of carbonyl (C=O) groups is 1. The Morgan fingerprint density at radius 3 is 2.45 bits per heavy atom. The minimum Gasteiger partial charge on any atom is -0.497 e. The van der Waals surface area contributed by atoms with E-state index in [2.05, 4.69) is 15.6 Å². The molecule has 0 saturated heterocycles. The Kier molecular flexibility index (Phi) is 7.93. The first-order valence-electron chi connectivity index (χ1n) is 10.4. The smallest absolute Gasteiger partial charge is 0.352 e. The monoisotopic (exact) mass is 472 g/mol. The van der Waals surface area contributed by atoms with Gasteiger partial charge in [-0.15, -0.1) is 5.10 Å². The number of fused-ring (bicyclic) bond motifs is 1. The number of hydrogen-bond acceptors (Lipinski definition) is 9. The van der Waals surface area contributed by atoms with E-state index in [-0.39, 0.29) is 0 Å². The molecule has 9 nitrogen and oxygen atoms in total. The Bertz CT molecular complexity index is 1160. The first-order valence-corrected chi connectivity index (χ1v) is 11.8. The van der Waals surface area contributed by atoms with Crippen molar-refractivity contribution in [3.05, 3.63) is 58.4 Å². The van der Waals surface area contributed by atoms with E-state index in [0.717, 1.165) is 5.56 Å². The number of methoxy groups -OCH3 is 2. The molecule has 0 saturated carbocycles. The van der Waals surface area contributed by atoms with Crippen LogP contribution in [0.3, 0.4) is 0 Å². The fourth-order valence-corrected chi connectivity index (χ4v) is 3.83. The van der Waals surface area contributed by atoms with Crippen molar-refractivity contribution in [3.63, 3.8) is 0 Å². The van der Waals surface area contributed by atoms with Crippen LogP contribution in [0.2, 0.25) is 0 Å². The Morgan fingerprint density at radius 1 is 1.15 bits per heavy atom. The number of nitrogens with one attached hydrogen (secondary N) is 1. The zero-order valence-corrected chi connectivity index (χ0v) is 20.1. The van der Waals surface area contributed by atoms with Gasteiger partial charge in [0.25, 0.3) is 0 Å². The second kappa shape index (κ2) is 10.7. The van der Waals surface area contributed by atoms with Gasteiger partial charge in [-0.2, -0.15) is 11.8 Å². The minimum absolute atomic E-state index is 0.317. The molecule has 1 atom stereocenters. The van der Waals surface area contributed by atoms with Crippen LogP contribution >= 0.6 is 11.8 Å². The topological polar surface area (TPSA) is 105 Å². The van der Waals surface area contributed by atoms with Gasteiger partial charge < -0.3 is 14.3 Å². The predicted octanol–water partition coefficient (Wildman–Crippen LogP) is 2.41. The van der Waals surface area contributed by atoms with Gasteiger partial charge in [0.05, 0.1) is 19.6 Å². The quantitative estimate of drug-likeness (QED) is 0.445. The fourth-order valence-electron chi connectivity index (χ4n) is 3.35. The van der Waals surface area contributed by atoms with E-state index in [1.165, 1.54) is 0 Å². The summed E-state index contributed by atoms with van der Waals surface area (Å²) in [7, 11) is 3.17. The molecule has 1 aromatic heterocycles. The second-order valence-electron chi connectivity index (χ2n) is 7.90. The van der Waals surface area contributed by atoms with E-state index in [4.69, 9.17) is 14.3 Å². The normalized spacial score (nSPS) is 12.4. The zero-order valence-electron chi connectivity index (χ0n) is 19.3. The molecule has 3 aromatic rings. The molecule has 3 rings (SSSR count). The molecule has 1 heterocycles. The van der Waals surface area contributed by atoms with Crippen molar-refractivity contribution in [2.45, 2.75) is 31.8 Å². The predicted molar refractivity (Wildman–Crippen MR) is 128 cm³/mol. The summed E-state index contributed by atoms with van der Waals surface area (Å²) in [6.07, 6.45) is 2.44. The highest BCUT2D eigenvalue weighted by molar-refractivity contribution is 7.98. The Hall–Kier alpha value is -3.11. The third-order valence-corrected chi connectivity index (χ3v) is 5.87. The summed E-state index contributed by atoms with van der Waals surface area (Å²) < 4.78 is 10.8. The number of hydrogen-bond donors (Lipinski definition) is 1. The van der Waals surface area contributed by atoms with Crippen molar-refractivity contribution in [2.24, 2.45) is 0 Å². The van der Waals surface area contributed by atoms with Gasteiger partial charge in [-0.3, -0.25) is 10.1 Å². The van der Waals surface area contributed by atoms with Crippen LogP contribution in [0.15, 0.2) is 47.3 Å². The molecule has 33 heavy (non-hydrogen) atoms.